The van der Waals surface area contributed by atoms with Crippen LogP contribution in [-0.2, 0) is 0 Å². The highest BCUT2D eigenvalue weighted by molar-refractivity contribution is 5.68. The summed E-state index contributed by atoms with van der Waals surface area (Å²) in [5.74, 6) is 0. The lowest BCUT2D eigenvalue weighted by atomic mass is 10.0. The van der Waals surface area contributed by atoms with Crippen molar-refractivity contribution >= 4 is 0 Å². The number of hydrogen-bond acceptors (Lipinski definition) is 3. The first-order valence-electron chi connectivity index (χ1n) is 4.10. The third-order valence-corrected chi connectivity index (χ3v) is 1.87. The second-order valence-corrected chi connectivity index (χ2v) is 2.72. The van der Waals surface area contributed by atoms with Crippen molar-refractivity contribution in [3.8, 4) is 17.2 Å². The maximum atomic E-state index is 8.83. The van der Waals surface area contributed by atoms with Crippen LogP contribution in [-0.4, -0.2) is 10.2 Å². The highest BCUT2D eigenvalue weighted by Crippen LogP contribution is 2.20. The zero-order valence-corrected chi connectivity index (χ0v) is 7.31. The Morgan fingerprint density at radius 1 is 1.21 bits per heavy atom. The average Bonchev–Trinajstić information content (AvgIpc) is 2.30. The van der Waals surface area contributed by atoms with Gasteiger partial charge >= 0.3 is 0 Å². The van der Waals surface area contributed by atoms with E-state index in [9.17, 15) is 0 Å². The normalized spacial score (nSPS) is 9.36. The lowest BCUT2D eigenvalue weighted by Crippen LogP contribution is -1.89. The topological polar surface area (TPSA) is 49.6 Å². The number of hydrogen-bond donors (Lipinski definition) is 0. The summed E-state index contributed by atoms with van der Waals surface area (Å²) in [6, 6.07) is 11.6. The second kappa shape index (κ2) is 3.67. The van der Waals surface area contributed by atoms with Crippen LogP contribution < -0.4 is 0 Å². The van der Waals surface area contributed by atoms with Gasteiger partial charge in [0.1, 0.15) is 12.3 Å². The van der Waals surface area contributed by atoms with Crippen LogP contribution in [0.15, 0.2) is 36.5 Å². The van der Waals surface area contributed by atoms with E-state index >= 15 is 0 Å². The molecule has 2 aromatic rings. The minimum absolute atomic E-state index is 0.422. The summed E-state index contributed by atoms with van der Waals surface area (Å²) in [5, 5.41) is 16.1. The zero-order valence-electron chi connectivity index (χ0n) is 7.31. The van der Waals surface area contributed by atoms with Crippen molar-refractivity contribution in [3.63, 3.8) is 0 Å². The van der Waals surface area contributed by atoms with Gasteiger partial charge in [-0.25, -0.2) is 0 Å². The van der Waals surface area contributed by atoms with E-state index in [0.717, 1.165) is 11.1 Å². The third kappa shape index (κ3) is 1.46. The fourth-order valence-electron chi connectivity index (χ4n) is 1.21. The first-order chi connectivity index (χ1) is 6.92. The molecule has 0 N–H and O–H groups in total. The molecule has 1 aromatic heterocycles. The summed E-state index contributed by atoms with van der Waals surface area (Å²) >= 11 is 0. The van der Waals surface area contributed by atoms with Crippen molar-refractivity contribution in [2.45, 2.75) is 0 Å². The minimum Gasteiger partial charge on any atom is -0.192 e. The monoisotopic (exact) mass is 180 g/mol. The molecule has 0 aliphatic carbocycles. The van der Waals surface area contributed by atoms with E-state index in [1.165, 1.54) is 0 Å². The van der Waals surface area contributed by atoms with Crippen LogP contribution in [0, 0.1) is 17.5 Å². The van der Waals surface area contributed by atoms with Crippen LogP contribution in [0.3, 0.4) is 0 Å². The Bertz CT molecular complexity index is 471. The number of rotatable bonds is 1. The van der Waals surface area contributed by atoms with Crippen molar-refractivity contribution < 1.29 is 0 Å². The highest BCUT2D eigenvalue weighted by Gasteiger charge is 2.04. The molecule has 0 aliphatic rings. The minimum atomic E-state index is 0.422. The van der Waals surface area contributed by atoms with Gasteiger partial charge < -0.3 is 0 Å². The van der Waals surface area contributed by atoms with Crippen molar-refractivity contribution in [2.24, 2.45) is 0 Å². The molecule has 0 spiro atoms. The molecule has 0 aliphatic heterocycles. The number of nitriles is 1. The molecule has 0 unspecified atom stereocenters. The van der Waals surface area contributed by atoms with Crippen molar-refractivity contribution in [1.82, 2.24) is 10.2 Å². The Balaban J connectivity index is 2.58. The Morgan fingerprint density at radius 3 is 2.71 bits per heavy atom. The summed E-state index contributed by atoms with van der Waals surface area (Å²) in [6.45, 7) is 0. The average molecular weight is 180 g/mol. The number of aromatic nitrogens is 2. The molecule has 0 bridgehead atoms. The molecular weight excluding hydrogens is 174 g/mol. The van der Waals surface area contributed by atoms with Crippen LogP contribution in [0.1, 0.15) is 5.56 Å². The van der Waals surface area contributed by atoms with Gasteiger partial charge in [0.25, 0.3) is 0 Å². The summed E-state index contributed by atoms with van der Waals surface area (Å²) in [6.07, 6.45) is 4.14. The second-order valence-electron chi connectivity index (χ2n) is 2.72. The summed E-state index contributed by atoms with van der Waals surface area (Å²) in [7, 11) is 0. The van der Waals surface area contributed by atoms with Crippen LogP contribution in [0.2, 0.25) is 0 Å². The lowest BCUT2D eigenvalue weighted by molar-refractivity contribution is 1.02. The summed E-state index contributed by atoms with van der Waals surface area (Å²) in [5.41, 5.74) is 2.14. The van der Waals surface area contributed by atoms with Crippen molar-refractivity contribution in [3.05, 3.63) is 48.3 Å². The third-order valence-electron chi connectivity index (χ3n) is 1.87. The molecule has 1 heterocycles. The van der Waals surface area contributed by atoms with Gasteiger partial charge in [-0.1, -0.05) is 30.3 Å². The van der Waals surface area contributed by atoms with Gasteiger partial charge in [-0.2, -0.15) is 10.4 Å². The van der Waals surface area contributed by atoms with E-state index in [-0.39, 0.29) is 0 Å². The Kier molecular flexibility index (Phi) is 2.20. The fraction of sp³-hybridized carbons (Fsp3) is 0. The van der Waals surface area contributed by atoms with Gasteiger partial charge in [-0.3, -0.25) is 0 Å². The van der Waals surface area contributed by atoms with E-state index in [1.54, 1.807) is 6.20 Å². The van der Waals surface area contributed by atoms with E-state index in [1.807, 2.05) is 36.4 Å². The van der Waals surface area contributed by atoms with Crippen molar-refractivity contribution in [2.75, 3.05) is 0 Å². The molecule has 0 saturated heterocycles. The zero-order chi connectivity index (χ0) is 9.80. The molecule has 0 fully saturated rings. The van der Waals surface area contributed by atoms with Gasteiger partial charge in [0.15, 0.2) is 0 Å². The van der Waals surface area contributed by atoms with Gasteiger partial charge in [0, 0.05) is 5.56 Å². The van der Waals surface area contributed by atoms with Crippen LogP contribution in [0.4, 0.5) is 0 Å². The fourth-order valence-corrected chi connectivity index (χ4v) is 1.21. The van der Waals surface area contributed by atoms with Gasteiger partial charge in [0.2, 0.25) is 0 Å². The molecule has 1 aromatic carbocycles. The standard InChI is InChI=1S/C11H6N3/c12-6-10-7-13-14-8-11(10)9-4-2-1-3-5-9/h1-5,8H. The Labute approximate surface area is 81.7 Å². The summed E-state index contributed by atoms with van der Waals surface area (Å²) < 4.78 is 0. The molecule has 0 atom stereocenters. The molecule has 0 saturated carbocycles. The first kappa shape index (κ1) is 8.39. The van der Waals surface area contributed by atoms with E-state index in [0.29, 0.717) is 5.56 Å². The molecule has 2 rings (SSSR count). The molecule has 3 nitrogen and oxygen atoms in total. The predicted octanol–water partition coefficient (Wildman–Crippen LogP) is 1.82. The maximum absolute atomic E-state index is 8.83. The Morgan fingerprint density at radius 2 is 2.00 bits per heavy atom. The van der Waals surface area contributed by atoms with Crippen molar-refractivity contribution in [1.29, 1.82) is 5.26 Å². The number of benzene rings is 1. The molecule has 65 valence electrons. The molecular formula is C11H6N3. The summed E-state index contributed by atoms with van der Waals surface area (Å²) in [4.78, 5) is 0. The van der Waals surface area contributed by atoms with Gasteiger partial charge in [0.05, 0.1) is 11.8 Å². The molecule has 1 radical (unpaired) electrons. The largest absolute Gasteiger partial charge is 0.192 e. The maximum Gasteiger partial charge on any atom is 0.133 e. The van der Waals surface area contributed by atoms with E-state index in [4.69, 9.17) is 5.26 Å². The number of nitrogens with zero attached hydrogens (tertiary/aromatic N) is 3. The highest BCUT2D eigenvalue weighted by atomic mass is 15.1. The quantitative estimate of drug-likeness (QED) is 0.672. The van der Waals surface area contributed by atoms with Gasteiger partial charge in [-0.05, 0) is 5.56 Å². The van der Waals surface area contributed by atoms with Gasteiger partial charge in [-0.15, -0.1) is 5.10 Å². The first-order valence-corrected chi connectivity index (χ1v) is 4.10. The van der Waals surface area contributed by atoms with E-state index in [2.05, 4.69) is 16.4 Å². The van der Waals surface area contributed by atoms with Crippen LogP contribution in [0.25, 0.3) is 11.1 Å². The molecule has 3 heteroatoms. The molecule has 14 heavy (non-hydrogen) atoms. The predicted molar refractivity (Wildman–Crippen MR) is 51.0 cm³/mol. The van der Waals surface area contributed by atoms with Crippen LogP contribution in [0.5, 0.6) is 0 Å². The molecule has 0 amide bonds. The van der Waals surface area contributed by atoms with E-state index < -0.39 is 0 Å². The smallest absolute Gasteiger partial charge is 0.133 e. The lowest BCUT2D eigenvalue weighted by Gasteiger charge is -2.00. The van der Waals surface area contributed by atoms with Crippen LogP contribution >= 0.6 is 0 Å². The SMILES string of the molecule is N#Cc1[c]nncc1-c1ccccc1. The Hall–Kier alpha value is -2.21.